The number of alkyl carbamates (subject to hydrolysis) is 1. The van der Waals surface area contributed by atoms with Gasteiger partial charge in [-0.1, -0.05) is 39.0 Å². The van der Waals surface area contributed by atoms with Crippen LogP contribution in [0, 0.1) is 12.3 Å². The summed E-state index contributed by atoms with van der Waals surface area (Å²) in [6.07, 6.45) is 1.63. The molecule has 1 aromatic carbocycles. The van der Waals surface area contributed by atoms with Gasteiger partial charge in [-0.25, -0.2) is 9.78 Å². The Bertz CT molecular complexity index is 1430. The molecule has 1 fully saturated rings. The van der Waals surface area contributed by atoms with Crippen molar-refractivity contribution in [3.63, 3.8) is 0 Å². The lowest BCUT2D eigenvalue weighted by molar-refractivity contribution is 0.00401. The first kappa shape index (κ1) is 28.8. The second-order valence-electron chi connectivity index (χ2n) is 12.2. The summed E-state index contributed by atoms with van der Waals surface area (Å²) < 4.78 is 19.1. The van der Waals surface area contributed by atoms with E-state index in [2.05, 4.69) is 10.3 Å². The second kappa shape index (κ2) is 10.4. The van der Waals surface area contributed by atoms with Crippen molar-refractivity contribution in [1.82, 2.24) is 14.7 Å². The van der Waals surface area contributed by atoms with E-state index < -0.39 is 35.9 Å². The molecule has 3 aromatic rings. The summed E-state index contributed by atoms with van der Waals surface area (Å²) in [5.41, 5.74) is 3.10. The number of ether oxygens (including phenoxy) is 1. The first-order chi connectivity index (χ1) is 18.1. The maximum absolute atomic E-state index is 13.1. The van der Waals surface area contributed by atoms with Crippen molar-refractivity contribution in [2.45, 2.75) is 79.2 Å². The zero-order valence-electron chi connectivity index (χ0n) is 24.0. The zero-order valence-corrected chi connectivity index (χ0v) is 24.0. The summed E-state index contributed by atoms with van der Waals surface area (Å²) in [5, 5.41) is 12.6. The number of nitrogens with zero attached hydrogens (tertiary/aromatic N) is 2. The van der Waals surface area contributed by atoms with Gasteiger partial charge in [0.1, 0.15) is 12.3 Å². The number of amides is 1. The van der Waals surface area contributed by atoms with Gasteiger partial charge in [-0.15, -0.1) is 0 Å². The lowest BCUT2D eigenvalue weighted by Gasteiger charge is -2.32. The molecule has 9 nitrogen and oxygen atoms in total. The number of rotatable bonds is 6. The number of pyridine rings is 1. The average molecular weight is 535 g/mol. The number of hydrogen-bond donors (Lipinski definition) is 2. The van der Waals surface area contributed by atoms with E-state index in [9.17, 15) is 14.7 Å². The van der Waals surface area contributed by atoms with E-state index in [1.165, 1.54) is 10.6 Å². The molecule has 10 heteroatoms. The topological polar surface area (TPSA) is 111 Å². The van der Waals surface area contributed by atoms with E-state index in [1.807, 2.05) is 85.7 Å². The number of aromatic nitrogens is 2. The Kier molecular flexibility index (Phi) is 7.68. The average Bonchev–Trinajstić information content (AvgIpc) is 3.07. The van der Waals surface area contributed by atoms with Crippen molar-refractivity contribution in [3.05, 3.63) is 64.2 Å². The maximum Gasteiger partial charge on any atom is 0.495 e. The molecule has 1 aliphatic heterocycles. The van der Waals surface area contributed by atoms with Crippen molar-refractivity contribution >= 4 is 24.3 Å². The number of aliphatic hydroxyl groups is 1. The maximum atomic E-state index is 13.1. The fraction of sp³-hybridized carbons (Fsp3) is 0.483. The number of aliphatic hydroxyl groups excluding tert-OH is 1. The number of nitrogens with one attached hydrogen (secondary N) is 1. The minimum Gasteiger partial charge on any atom is -0.447 e. The van der Waals surface area contributed by atoms with Gasteiger partial charge in [0, 0.05) is 12.4 Å². The SMILES string of the molecule is Cc1c(B2OC(C)(C)C(C)(C)O2)cccc1-c1ccn2c(=O)c(CNC(=O)OCC(O)C(C)(C)C)cnc2c1. The largest absolute Gasteiger partial charge is 0.495 e. The first-order valence-corrected chi connectivity index (χ1v) is 13.2. The van der Waals surface area contributed by atoms with E-state index in [-0.39, 0.29) is 18.7 Å². The van der Waals surface area contributed by atoms with Crippen LogP contribution in [0.15, 0.2) is 47.5 Å². The summed E-state index contributed by atoms with van der Waals surface area (Å²) in [6, 6.07) is 9.73. The van der Waals surface area contributed by atoms with E-state index in [0.717, 1.165) is 22.2 Å². The normalized spacial score (nSPS) is 17.3. The second-order valence-corrected chi connectivity index (χ2v) is 12.2. The highest BCUT2D eigenvalue weighted by Crippen LogP contribution is 2.37. The van der Waals surface area contributed by atoms with Gasteiger partial charge in [-0.3, -0.25) is 9.20 Å². The molecular formula is C29H38BN3O6. The summed E-state index contributed by atoms with van der Waals surface area (Å²) in [4.78, 5) is 29.6. The Balaban J connectivity index is 1.52. The molecule has 3 heterocycles. The quantitative estimate of drug-likeness (QED) is 0.464. The van der Waals surface area contributed by atoms with Crippen molar-refractivity contribution in [3.8, 4) is 11.1 Å². The Morgan fingerprint density at radius 1 is 1.18 bits per heavy atom. The summed E-state index contributed by atoms with van der Waals surface area (Å²) in [6.45, 7) is 15.5. The molecule has 1 unspecified atom stereocenters. The lowest BCUT2D eigenvalue weighted by Crippen LogP contribution is -2.41. The summed E-state index contributed by atoms with van der Waals surface area (Å²) in [5.74, 6) is 0. The minimum atomic E-state index is -0.799. The summed E-state index contributed by atoms with van der Waals surface area (Å²) >= 11 is 0. The molecule has 1 saturated heterocycles. The third-order valence-corrected chi connectivity index (χ3v) is 7.77. The smallest absolute Gasteiger partial charge is 0.447 e. The molecule has 0 saturated carbocycles. The number of fused-ring (bicyclic) bond motifs is 1. The van der Waals surface area contributed by atoms with Gasteiger partial charge in [0.15, 0.2) is 0 Å². The van der Waals surface area contributed by atoms with Crippen molar-refractivity contribution in [2.75, 3.05) is 6.61 Å². The number of hydrogen-bond acceptors (Lipinski definition) is 7. The first-order valence-electron chi connectivity index (χ1n) is 13.2. The van der Waals surface area contributed by atoms with E-state index in [4.69, 9.17) is 14.0 Å². The molecule has 1 aliphatic rings. The van der Waals surface area contributed by atoms with Gasteiger partial charge in [0.25, 0.3) is 5.56 Å². The molecule has 0 aliphatic carbocycles. The van der Waals surface area contributed by atoms with Crippen LogP contribution in [-0.2, 0) is 20.6 Å². The van der Waals surface area contributed by atoms with Gasteiger partial charge >= 0.3 is 13.2 Å². The molecule has 2 aromatic heterocycles. The van der Waals surface area contributed by atoms with Crippen LogP contribution < -0.4 is 16.3 Å². The Hall–Kier alpha value is -3.21. The van der Waals surface area contributed by atoms with Crippen LogP contribution in [-0.4, -0.2) is 51.6 Å². The highest BCUT2D eigenvalue weighted by atomic mass is 16.7. The predicted octanol–water partition coefficient (Wildman–Crippen LogP) is 3.60. The van der Waals surface area contributed by atoms with Crippen LogP contribution in [0.3, 0.4) is 0 Å². The monoisotopic (exact) mass is 535 g/mol. The van der Waals surface area contributed by atoms with Crippen LogP contribution in [0.5, 0.6) is 0 Å². The molecule has 4 rings (SSSR count). The van der Waals surface area contributed by atoms with Gasteiger partial charge in [0.05, 0.1) is 29.4 Å². The van der Waals surface area contributed by atoms with Gasteiger partial charge in [0.2, 0.25) is 0 Å². The van der Waals surface area contributed by atoms with Crippen molar-refractivity contribution < 1.29 is 23.9 Å². The number of carbonyl (C=O) groups is 1. The fourth-order valence-electron chi connectivity index (χ4n) is 4.22. The third kappa shape index (κ3) is 5.88. The predicted molar refractivity (Wildman–Crippen MR) is 151 cm³/mol. The van der Waals surface area contributed by atoms with Crippen LogP contribution in [0.2, 0.25) is 0 Å². The molecular weight excluding hydrogens is 497 g/mol. The van der Waals surface area contributed by atoms with E-state index >= 15 is 0 Å². The number of carbonyl (C=O) groups excluding carboxylic acids is 1. The standard InChI is InChI=1S/C29H38BN3O6/c1-18-21(10-9-11-22(18)30-38-28(5,6)29(7,8)39-30)19-12-13-33-24(14-19)31-15-20(25(33)35)16-32-26(36)37-17-23(34)27(2,3)4/h9-15,23,34H,16-17H2,1-8H3,(H,32,36). The number of benzene rings is 1. The van der Waals surface area contributed by atoms with Gasteiger partial charge in [-0.05, 0) is 74.3 Å². The molecule has 0 bridgehead atoms. The molecule has 0 radical (unpaired) electrons. The van der Waals surface area contributed by atoms with E-state index in [1.54, 1.807) is 6.20 Å². The molecule has 0 spiro atoms. The van der Waals surface area contributed by atoms with Crippen LogP contribution in [0.1, 0.15) is 59.6 Å². The Morgan fingerprint density at radius 2 is 1.85 bits per heavy atom. The molecule has 2 N–H and O–H groups in total. The van der Waals surface area contributed by atoms with Crippen LogP contribution >= 0.6 is 0 Å². The molecule has 39 heavy (non-hydrogen) atoms. The van der Waals surface area contributed by atoms with Crippen LogP contribution in [0.4, 0.5) is 4.79 Å². The lowest BCUT2D eigenvalue weighted by atomic mass is 9.74. The van der Waals surface area contributed by atoms with Gasteiger partial charge < -0.3 is 24.5 Å². The van der Waals surface area contributed by atoms with E-state index in [0.29, 0.717) is 11.2 Å². The zero-order chi connectivity index (χ0) is 28.8. The fourth-order valence-corrected chi connectivity index (χ4v) is 4.22. The highest BCUT2D eigenvalue weighted by Gasteiger charge is 2.52. The van der Waals surface area contributed by atoms with Crippen LogP contribution in [0.25, 0.3) is 16.8 Å². The Morgan fingerprint density at radius 3 is 2.49 bits per heavy atom. The van der Waals surface area contributed by atoms with Crippen molar-refractivity contribution in [2.24, 2.45) is 5.41 Å². The molecule has 1 amide bonds. The Labute approximate surface area is 229 Å². The molecule has 208 valence electrons. The third-order valence-electron chi connectivity index (χ3n) is 7.77. The summed E-state index contributed by atoms with van der Waals surface area (Å²) in [7, 11) is -0.477. The van der Waals surface area contributed by atoms with Crippen molar-refractivity contribution in [1.29, 1.82) is 0 Å². The minimum absolute atomic E-state index is 0.0454. The van der Waals surface area contributed by atoms with Gasteiger partial charge in [-0.2, -0.15) is 0 Å². The molecule has 1 atom stereocenters. The highest BCUT2D eigenvalue weighted by molar-refractivity contribution is 6.62.